The molecule has 0 amide bonds. The van der Waals surface area contributed by atoms with E-state index in [1.165, 1.54) is 77.0 Å². The van der Waals surface area contributed by atoms with Crippen molar-refractivity contribution in [1.29, 1.82) is 0 Å². The van der Waals surface area contributed by atoms with Crippen LogP contribution in [0.25, 0.3) is 0 Å². The number of hydrogen-bond acceptors (Lipinski definition) is 0. The van der Waals surface area contributed by atoms with Gasteiger partial charge in [-0.2, -0.15) is 0 Å². The fourth-order valence-electron chi connectivity index (χ4n) is 3.14. The Kier molecular flexibility index (Phi) is 7.16. The second-order valence-electron chi connectivity index (χ2n) is 6.10. The maximum Gasteiger partial charge on any atom is -0.0326 e. The van der Waals surface area contributed by atoms with E-state index in [-0.39, 0.29) is 0 Å². The van der Waals surface area contributed by atoms with Gasteiger partial charge in [0.25, 0.3) is 0 Å². The molecule has 1 aliphatic carbocycles. The van der Waals surface area contributed by atoms with Crippen LogP contribution in [0.3, 0.4) is 0 Å². The third kappa shape index (κ3) is 5.92. The zero-order valence-electron chi connectivity index (χ0n) is 11.4. The van der Waals surface area contributed by atoms with Crippen LogP contribution in [0, 0.1) is 12.3 Å². The first kappa shape index (κ1) is 14.1. The highest BCUT2D eigenvalue weighted by Crippen LogP contribution is 2.36. The second kappa shape index (κ2) is 8.14. The molecule has 0 atom stereocenters. The smallest absolute Gasteiger partial charge is 0.0326 e. The van der Waals surface area contributed by atoms with E-state index in [0.29, 0.717) is 5.41 Å². The van der Waals surface area contributed by atoms with E-state index in [1.54, 1.807) is 0 Å². The minimum Gasteiger partial charge on any atom is -0.0596 e. The Labute approximate surface area is 103 Å². The Morgan fingerprint density at radius 3 is 1.50 bits per heavy atom. The molecule has 0 spiro atoms. The largest absolute Gasteiger partial charge is 0.0596 e. The molecule has 1 radical (unpaired) electrons. The molecule has 1 rings (SSSR count). The predicted octanol–water partition coefficient (Wildman–Crippen LogP) is 5.91. The molecule has 0 N–H and O–H groups in total. The van der Waals surface area contributed by atoms with Crippen molar-refractivity contribution in [2.45, 2.75) is 90.4 Å². The van der Waals surface area contributed by atoms with Crippen LogP contribution in [0.4, 0.5) is 0 Å². The molecule has 0 unspecified atom stereocenters. The fourth-order valence-corrected chi connectivity index (χ4v) is 3.14. The first-order valence-electron chi connectivity index (χ1n) is 7.56. The highest BCUT2D eigenvalue weighted by molar-refractivity contribution is 4.75. The minimum absolute atomic E-state index is 0.612. The monoisotopic (exact) mass is 223 g/mol. The SMILES string of the molecule is [CH2]CCC1(C)CCCCCCCCCCC1. The molecule has 95 valence electrons. The third-order valence-corrected chi connectivity index (χ3v) is 4.34. The molecule has 0 aromatic rings. The van der Waals surface area contributed by atoms with E-state index in [0.717, 1.165) is 6.42 Å². The van der Waals surface area contributed by atoms with Crippen molar-refractivity contribution in [3.05, 3.63) is 6.92 Å². The van der Waals surface area contributed by atoms with Crippen LogP contribution in [0.15, 0.2) is 0 Å². The first-order valence-corrected chi connectivity index (χ1v) is 7.56. The Bertz CT molecular complexity index is 147. The summed E-state index contributed by atoms with van der Waals surface area (Å²) in [5.41, 5.74) is 0.612. The molecule has 0 bridgehead atoms. The lowest BCUT2D eigenvalue weighted by molar-refractivity contribution is 0.230. The minimum atomic E-state index is 0.612. The van der Waals surface area contributed by atoms with Crippen LogP contribution in [-0.2, 0) is 0 Å². The van der Waals surface area contributed by atoms with Crippen molar-refractivity contribution in [2.75, 3.05) is 0 Å². The van der Waals surface area contributed by atoms with E-state index in [9.17, 15) is 0 Å². The van der Waals surface area contributed by atoms with Crippen LogP contribution in [-0.4, -0.2) is 0 Å². The summed E-state index contributed by atoms with van der Waals surface area (Å²) in [4.78, 5) is 0. The summed E-state index contributed by atoms with van der Waals surface area (Å²) in [6.07, 6.45) is 18.6. The van der Waals surface area contributed by atoms with Gasteiger partial charge in [0.2, 0.25) is 0 Å². The molecule has 1 aliphatic rings. The van der Waals surface area contributed by atoms with Crippen LogP contribution < -0.4 is 0 Å². The summed E-state index contributed by atoms with van der Waals surface area (Å²) in [6, 6.07) is 0. The van der Waals surface area contributed by atoms with Crippen LogP contribution in [0.1, 0.15) is 90.4 Å². The van der Waals surface area contributed by atoms with Crippen molar-refractivity contribution in [2.24, 2.45) is 5.41 Å². The van der Waals surface area contributed by atoms with E-state index in [4.69, 9.17) is 0 Å². The molecular formula is C16H31. The van der Waals surface area contributed by atoms with Gasteiger partial charge in [-0.05, 0) is 24.7 Å². The molecule has 0 nitrogen and oxygen atoms in total. The van der Waals surface area contributed by atoms with Gasteiger partial charge in [0.05, 0.1) is 0 Å². The summed E-state index contributed by atoms with van der Waals surface area (Å²) in [6.45, 7) is 6.56. The maximum absolute atomic E-state index is 4.05. The molecule has 0 aromatic heterocycles. The van der Waals surface area contributed by atoms with Gasteiger partial charge in [0.15, 0.2) is 0 Å². The number of hydrogen-bond donors (Lipinski definition) is 0. The average Bonchev–Trinajstić information content (AvgIpc) is 2.24. The molecule has 1 saturated carbocycles. The van der Waals surface area contributed by atoms with Gasteiger partial charge >= 0.3 is 0 Å². The van der Waals surface area contributed by atoms with Crippen molar-refractivity contribution < 1.29 is 0 Å². The zero-order chi connectivity index (χ0) is 11.7. The summed E-state index contributed by atoms with van der Waals surface area (Å²) < 4.78 is 0. The van der Waals surface area contributed by atoms with Crippen molar-refractivity contribution in [1.82, 2.24) is 0 Å². The third-order valence-electron chi connectivity index (χ3n) is 4.34. The lowest BCUT2D eigenvalue weighted by Crippen LogP contribution is -2.16. The molecule has 0 saturated heterocycles. The standard InChI is InChI=1S/C16H31/c1-3-13-16(2)14-11-9-7-5-4-6-8-10-12-15-16/h1,3-15H2,2H3. The Hall–Kier alpha value is 0. The fraction of sp³-hybridized carbons (Fsp3) is 0.938. The van der Waals surface area contributed by atoms with Crippen LogP contribution >= 0.6 is 0 Å². The van der Waals surface area contributed by atoms with Crippen molar-refractivity contribution in [3.8, 4) is 0 Å². The summed E-state index contributed by atoms with van der Waals surface area (Å²) in [5, 5.41) is 0. The Morgan fingerprint density at radius 2 is 1.12 bits per heavy atom. The van der Waals surface area contributed by atoms with Gasteiger partial charge in [-0.25, -0.2) is 0 Å². The van der Waals surface area contributed by atoms with Gasteiger partial charge in [-0.15, -0.1) is 0 Å². The summed E-state index contributed by atoms with van der Waals surface area (Å²) in [5.74, 6) is 0. The van der Waals surface area contributed by atoms with Gasteiger partial charge in [0, 0.05) is 0 Å². The molecule has 0 heteroatoms. The predicted molar refractivity (Wildman–Crippen MR) is 73.5 cm³/mol. The topological polar surface area (TPSA) is 0 Å². The second-order valence-corrected chi connectivity index (χ2v) is 6.10. The maximum atomic E-state index is 4.05. The normalized spacial score (nSPS) is 24.4. The lowest BCUT2D eigenvalue weighted by atomic mass is 9.76. The Balaban J connectivity index is 2.35. The highest BCUT2D eigenvalue weighted by atomic mass is 14.3. The lowest BCUT2D eigenvalue weighted by Gasteiger charge is -2.30. The number of rotatable bonds is 2. The van der Waals surface area contributed by atoms with Gasteiger partial charge in [0.1, 0.15) is 0 Å². The average molecular weight is 223 g/mol. The molecular weight excluding hydrogens is 192 g/mol. The van der Waals surface area contributed by atoms with Crippen molar-refractivity contribution >= 4 is 0 Å². The van der Waals surface area contributed by atoms with Gasteiger partial charge in [-0.1, -0.05) is 78.1 Å². The van der Waals surface area contributed by atoms with Crippen LogP contribution in [0.2, 0.25) is 0 Å². The van der Waals surface area contributed by atoms with Crippen molar-refractivity contribution in [3.63, 3.8) is 0 Å². The molecule has 1 fully saturated rings. The Morgan fingerprint density at radius 1 is 0.750 bits per heavy atom. The summed E-state index contributed by atoms with van der Waals surface area (Å²) in [7, 11) is 0. The zero-order valence-corrected chi connectivity index (χ0v) is 11.4. The van der Waals surface area contributed by atoms with Gasteiger partial charge < -0.3 is 0 Å². The summed E-state index contributed by atoms with van der Waals surface area (Å²) >= 11 is 0. The highest BCUT2D eigenvalue weighted by Gasteiger charge is 2.22. The quantitative estimate of drug-likeness (QED) is 0.546. The molecule has 0 aromatic carbocycles. The molecule has 0 aliphatic heterocycles. The van der Waals surface area contributed by atoms with Gasteiger partial charge in [-0.3, -0.25) is 0 Å². The van der Waals surface area contributed by atoms with E-state index in [2.05, 4.69) is 13.8 Å². The molecule has 0 heterocycles. The first-order chi connectivity index (χ1) is 7.77. The van der Waals surface area contributed by atoms with E-state index >= 15 is 0 Å². The van der Waals surface area contributed by atoms with Crippen LogP contribution in [0.5, 0.6) is 0 Å². The van der Waals surface area contributed by atoms with E-state index < -0.39 is 0 Å². The molecule has 16 heavy (non-hydrogen) atoms. The van der Waals surface area contributed by atoms with E-state index in [1.807, 2.05) is 0 Å².